The van der Waals surface area contributed by atoms with Gasteiger partial charge in [0, 0.05) is 12.6 Å². The van der Waals surface area contributed by atoms with Crippen molar-refractivity contribution in [3.8, 4) is 0 Å². The lowest BCUT2D eigenvalue weighted by Gasteiger charge is -2.43. The van der Waals surface area contributed by atoms with Gasteiger partial charge in [-0.25, -0.2) is 4.99 Å². The van der Waals surface area contributed by atoms with Crippen LogP contribution in [0.15, 0.2) is 41.4 Å². The van der Waals surface area contributed by atoms with Gasteiger partial charge < -0.3 is 4.90 Å². The predicted octanol–water partition coefficient (Wildman–Crippen LogP) is 6.08. The van der Waals surface area contributed by atoms with Gasteiger partial charge in [0.15, 0.2) is 0 Å². The maximum absolute atomic E-state index is 4.76. The second kappa shape index (κ2) is 6.67. The van der Waals surface area contributed by atoms with Gasteiger partial charge in [0.1, 0.15) is 0 Å². The van der Waals surface area contributed by atoms with Gasteiger partial charge in [-0.15, -0.1) is 0 Å². The average Bonchev–Trinajstić information content (AvgIpc) is 2.61. The van der Waals surface area contributed by atoms with E-state index in [9.17, 15) is 0 Å². The Morgan fingerprint density at radius 2 is 1.72 bits per heavy atom. The third kappa shape index (κ3) is 2.88. The Balaban J connectivity index is 2.18. The fourth-order valence-electron chi connectivity index (χ4n) is 4.13. The molecule has 1 aliphatic rings. The number of aliphatic imine (C=N–C) groups is 1. The van der Waals surface area contributed by atoms with Crippen LogP contribution in [0.5, 0.6) is 0 Å². The largest absolute Gasteiger partial charge is 0.352 e. The first-order chi connectivity index (χ1) is 11.9. The van der Waals surface area contributed by atoms with Crippen LogP contribution in [0.4, 0.5) is 5.69 Å². The smallest absolute Gasteiger partial charge is 0.0919 e. The minimum atomic E-state index is -0.195. The molecule has 2 heteroatoms. The normalized spacial score (nSPS) is 19.4. The zero-order valence-electron chi connectivity index (χ0n) is 16.4. The second-order valence-electron chi connectivity index (χ2n) is 7.54. The van der Waals surface area contributed by atoms with Crippen molar-refractivity contribution in [1.29, 1.82) is 0 Å². The topological polar surface area (TPSA) is 15.6 Å². The first-order valence-corrected chi connectivity index (χ1v) is 9.41. The standard InChI is InChI=1S/C23H30N2/c1-7-18(8-2)19-11-12-20-22(14-19)24-15-25(6)23(20,5)21-13-16(3)9-10-17(21)4/h9-15,18H,7-8H2,1-6H3. The number of benzene rings is 2. The molecule has 2 aromatic rings. The maximum Gasteiger partial charge on any atom is 0.0919 e. The van der Waals surface area contributed by atoms with Crippen molar-refractivity contribution in [2.24, 2.45) is 4.99 Å². The number of nitrogens with zero attached hydrogens (tertiary/aromatic N) is 2. The molecular formula is C23H30N2. The van der Waals surface area contributed by atoms with E-state index in [-0.39, 0.29) is 5.54 Å². The van der Waals surface area contributed by atoms with E-state index in [0.29, 0.717) is 5.92 Å². The highest BCUT2D eigenvalue weighted by atomic mass is 15.2. The molecule has 132 valence electrons. The van der Waals surface area contributed by atoms with Crippen molar-refractivity contribution >= 4 is 12.0 Å². The molecule has 1 aliphatic heterocycles. The number of rotatable bonds is 4. The monoisotopic (exact) mass is 334 g/mol. The summed E-state index contributed by atoms with van der Waals surface area (Å²) < 4.78 is 0. The van der Waals surface area contributed by atoms with E-state index in [1.807, 2.05) is 6.34 Å². The van der Waals surface area contributed by atoms with Crippen molar-refractivity contribution < 1.29 is 0 Å². The fourth-order valence-corrected chi connectivity index (χ4v) is 4.13. The van der Waals surface area contributed by atoms with Gasteiger partial charge in [-0.3, -0.25) is 0 Å². The van der Waals surface area contributed by atoms with Gasteiger partial charge in [0.2, 0.25) is 0 Å². The van der Waals surface area contributed by atoms with Crippen LogP contribution in [0.3, 0.4) is 0 Å². The summed E-state index contributed by atoms with van der Waals surface area (Å²) in [4.78, 5) is 7.00. The van der Waals surface area contributed by atoms with Gasteiger partial charge in [-0.05, 0) is 62.3 Å². The van der Waals surface area contributed by atoms with Gasteiger partial charge >= 0.3 is 0 Å². The number of fused-ring (bicyclic) bond motifs is 1. The Hall–Kier alpha value is -2.09. The van der Waals surface area contributed by atoms with Gasteiger partial charge in [-0.1, -0.05) is 49.7 Å². The molecule has 0 aromatic heterocycles. The number of hydrogen-bond donors (Lipinski definition) is 0. The Morgan fingerprint density at radius 3 is 2.40 bits per heavy atom. The molecule has 1 atom stereocenters. The van der Waals surface area contributed by atoms with Crippen LogP contribution >= 0.6 is 0 Å². The van der Waals surface area contributed by atoms with Crippen molar-refractivity contribution in [2.45, 2.75) is 58.9 Å². The summed E-state index contributed by atoms with van der Waals surface area (Å²) in [5.41, 5.74) is 7.61. The van der Waals surface area contributed by atoms with Gasteiger partial charge in [0.05, 0.1) is 17.6 Å². The van der Waals surface area contributed by atoms with E-state index >= 15 is 0 Å². The quantitative estimate of drug-likeness (QED) is 0.662. The first kappa shape index (κ1) is 17.7. The molecule has 2 aromatic carbocycles. The molecule has 1 heterocycles. The predicted molar refractivity (Wildman–Crippen MR) is 108 cm³/mol. The van der Waals surface area contributed by atoms with Gasteiger partial charge in [0.25, 0.3) is 0 Å². The average molecular weight is 335 g/mol. The molecule has 2 nitrogen and oxygen atoms in total. The first-order valence-electron chi connectivity index (χ1n) is 9.41. The van der Waals surface area contributed by atoms with Crippen LogP contribution in [-0.2, 0) is 5.54 Å². The molecule has 0 saturated heterocycles. The molecule has 0 saturated carbocycles. The van der Waals surface area contributed by atoms with Crippen LogP contribution < -0.4 is 0 Å². The highest BCUT2D eigenvalue weighted by Crippen LogP contribution is 2.44. The van der Waals surface area contributed by atoms with Crippen LogP contribution in [0.2, 0.25) is 0 Å². The lowest BCUT2D eigenvalue weighted by atomic mass is 9.78. The molecule has 0 amide bonds. The summed E-state index contributed by atoms with van der Waals surface area (Å²) in [6.07, 6.45) is 4.33. The minimum absolute atomic E-state index is 0.195. The van der Waals surface area contributed by atoms with E-state index in [2.05, 4.69) is 83.0 Å². The van der Waals surface area contributed by atoms with Crippen LogP contribution in [-0.4, -0.2) is 18.3 Å². The lowest BCUT2D eigenvalue weighted by Crippen LogP contribution is -2.43. The van der Waals surface area contributed by atoms with E-state index in [4.69, 9.17) is 4.99 Å². The molecule has 1 unspecified atom stereocenters. The van der Waals surface area contributed by atoms with Crippen LogP contribution in [0.1, 0.15) is 67.3 Å². The van der Waals surface area contributed by atoms with Crippen molar-refractivity contribution in [2.75, 3.05) is 7.05 Å². The SMILES string of the molecule is CCC(CC)c1ccc2c(c1)N=CN(C)C2(C)c1cc(C)ccc1C. The highest BCUT2D eigenvalue weighted by molar-refractivity contribution is 5.72. The molecule has 0 spiro atoms. The van der Waals surface area contributed by atoms with Gasteiger partial charge in [-0.2, -0.15) is 0 Å². The van der Waals surface area contributed by atoms with E-state index in [0.717, 1.165) is 5.69 Å². The highest BCUT2D eigenvalue weighted by Gasteiger charge is 2.38. The molecule has 3 rings (SSSR count). The third-order valence-electron chi connectivity index (χ3n) is 6.00. The van der Waals surface area contributed by atoms with E-state index in [1.54, 1.807) is 0 Å². The van der Waals surface area contributed by atoms with Crippen molar-refractivity contribution in [3.63, 3.8) is 0 Å². The molecule has 0 aliphatic carbocycles. The molecule has 0 bridgehead atoms. The molecule has 25 heavy (non-hydrogen) atoms. The fraction of sp³-hybridized carbons (Fsp3) is 0.435. The molecular weight excluding hydrogens is 304 g/mol. The summed E-state index contributed by atoms with van der Waals surface area (Å²) in [6.45, 7) is 11.2. The summed E-state index contributed by atoms with van der Waals surface area (Å²) in [5, 5.41) is 0. The summed E-state index contributed by atoms with van der Waals surface area (Å²) in [6, 6.07) is 13.7. The summed E-state index contributed by atoms with van der Waals surface area (Å²) >= 11 is 0. The Labute approximate surface area is 152 Å². The van der Waals surface area contributed by atoms with Crippen molar-refractivity contribution in [1.82, 2.24) is 4.90 Å². The zero-order chi connectivity index (χ0) is 18.2. The maximum atomic E-state index is 4.76. The molecule has 0 radical (unpaired) electrons. The van der Waals surface area contributed by atoms with Crippen molar-refractivity contribution in [3.05, 3.63) is 64.2 Å². The van der Waals surface area contributed by atoms with E-state index in [1.165, 1.54) is 40.7 Å². The second-order valence-corrected chi connectivity index (χ2v) is 7.54. The van der Waals surface area contributed by atoms with Crippen LogP contribution in [0, 0.1) is 13.8 Å². The molecule has 0 N–H and O–H groups in total. The lowest BCUT2D eigenvalue weighted by molar-refractivity contribution is 0.291. The Kier molecular flexibility index (Phi) is 4.73. The number of aryl methyl sites for hydroxylation is 2. The summed E-state index contributed by atoms with van der Waals surface area (Å²) in [5.74, 6) is 0.618. The summed E-state index contributed by atoms with van der Waals surface area (Å²) in [7, 11) is 2.13. The molecule has 0 fully saturated rings. The number of hydrogen-bond acceptors (Lipinski definition) is 2. The minimum Gasteiger partial charge on any atom is -0.352 e. The third-order valence-corrected chi connectivity index (χ3v) is 6.00. The Bertz CT molecular complexity index is 802. The zero-order valence-corrected chi connectivity index (χ0v) is 16.4. The van der Waals surface area contributed by atoms with E-state index < -0.39 is 0 Å². The Morgan fingerprint density at radius 1 is 1.00 bits per heavy atom. The van der Waals surface area contributed by atoms with Crippen LogP contribution in [0.25, 0.3) is 0 Å².